The Hall–Kier alpha value is -1.84. The van der Waals surface area contributed by atoms with E-state index in [1.54, 1.807) is 55.6 Å². The number of carbonyl (C=O) groups is 1. The Morgan fingerprint density at radius 1 is 1.16 bits per heavy atom. The van der Waals surface area contributed by atoms with E-state index in [1.165, 1.54) is 0 Å². The minimum atomic E-state index is -1.23. The van der Waals surface area contributed by atoms with Gasteiger partial charge in [0.1, 0.15) is 11.9 Å². The van der Waals surface area contributed by atoms with Crippen LogP contribution in [-0.2, 0) is 0 Å². The van der Waals surface area contributed by atoms with E-state index in [0.717, 1.165) is 0 Å². The molecule has 0 aliphatic rings. The topological polar surface area (TPSA) is 46.5 Å². The van der Waals surface area contributed by atoms with Crippen molar-refractivity contribution < 1.29 is 14.6 Å². The number of Topliss-reactive ketones (excluding diaryl/α,β-unsaturated/α-hetero) is 1. The number of hydrogen-bond acceptors (Lipinski definition) is 3. The lowest BCUT2D eigenvalue weighted by atomic mass is 10.00. The van der Waals surface area contributed by atoms with E-state index in [1.807, 2.05) is 0 Å². The van der Waals surface area contributed by atoms with Crippen molar-refractivity contribution in [2.45, 2.75) is 6.10 Å². The highest BCUT2D eigenvalue weighted by atomic mass is 35.5. The van der Waals surface area contributed by atoms with Crippen molar-refractivity contribution >= 4 is 17.4 Å². The maximum Gasteiger partial charge on any atom is 0.197 e. The normalized spacial score (nSPS) is 11.9. The van der Waals surface area contributed by atoms with Gasteiger partial charge in [0.15, 0.2) is 5.78 Å². The number of carbonyl (C=O) groups excluding carboxylic acids is 1. The van der Waals surface area contributed by atoms with E-state index in [-0.39, 0.29) is 0 Å². The van der Waals surface area contributed by atoms with Gasteiger partial charge in [-0.25, -0.2) is 0 Å². The molecule has 0 saturated heterocycles. The van der Waals surface area contributed by atoms with Crippen LogP contribution in [0.15, 0.2) is 48.5 Å². The Morgan fingerprint density at radius 2 is 1.79 bits per heavy atom. The number of hydrogen-bond donors (Lipinski definition) is 1. The number of aliphatic hydroxyl groups is 1. The molecule has 0 aliphatic carbocycles. The molecule has 0 heterocycles. The lowest BCUT2D eigenvalue weighted by Crippen LogP contribution is -2.12. The third-order valence-electron chi connectivity index (χ3n) is 2.82. The molecule has 0 spiro atoms. The third-order valence-corrected chi connectivity index (χ3v) is 3.15. The summed E-state index contributed by atoms with van der Waals surface area (Å²) in [5.41, 5.74) is 0.818. The van der Waals surface area contributed by atoms with Crippen molar-refractivity contribution in [1.29, 1.82) is 0 Å². The Labute approximate surface area is 116 Å². The molecule has 3 nitrogen and oxygen atoms in total. The molecule has 0 bridgehead atoms. The standard InChI is InChI=1S/C15H13ClO3/c1-19-11-8-6-10(7-9-11)14(17)15(18)12-4-2-3-5-13(12)16/h2-9,14,17H,1H3/t14-/m1/s1. The first kappa shape index (κ1) is 13.6. The maximum atomic E-state index is 12.2. The molecular formula is C15H13ClO3. The van der Waals surface area contributed by atoms with E-state index in [4.69, 9.17) is 16.3 Å². The third kappa shape index (κ3) is 2.95. The summed E-state index contributed by atoms with van der Waals surface area (Å²) in [5.74, 6) is 0.247. The minimum absolute atomic E-state index is 0.312. The summed E-state index contributed by atoms with van der Waals surface area (Å²) in [6.45, 7) is 0. The molecule has 0 fully saturated rings. The monoisotopic (exact) mass is 276 g/mol. The lowest BCUT2D eigenvalue weighted by molar-refractivity contribution is 0.0747. The highest BCUT2D eigenvalue weighted by Gasteiger charge is 2.21. The second-order valence-electron chi connectivity index (χ2n) is 4.02. The molecule has 19 heavy (non-hydrogen) atoms. The summed E-state index contributed by atoms with van der Waals surface area (Å²) in [6.07, 6.45) is -1.23. The number of ether oxygens (including phenoxy) is 1. The van der Waals surface area contributed by atoms with Crippen molar-refractivity contribution in [3.63, 3.8) is 0 Å². The van der Waals surface area contributed by atoms with Gasteiger partial charge < -0.3 is 9.84 Å². The van der Waals surface area contributed by atoms with Crippen LogP contribution in [0.1, 0.15) is 22.0 Å². The van der Waals surface area contributed by atoms with Crippen LogP contribution < -0.4 is 4.74 Å². The largest absolute Gasteiger partial charge is 0.497 e. The van der Waals surface area contributed by atoms with Crippen molar-refractivity contribution in [2.24, 2.45) is 0 Å². The van der Waals surface area contributed by atoms with Crippen LogP contribution in [-0.4, -0.2) is 18.0 Å². The zero-order valence-corrected chi connectivity index (χ0v) is 11.1. The van der Waals surface area contributed by atoms with Gasteiger partial charge in [-0.15, -0.1) is 0 Å². The summed E-state index contributed by atoms with van der Waals surface area (Å²) in [4.78, 5) is 12.2. The van der Waals surface area contributed by atoms with Crippen LogP contribution in [0.25, 0.3) is 0 Å². The highest BCUT2D eigenvalue weighted by molar-refractivity contribution is 6.34. The molecule has 0 amide bonds. The molecule has 1 atom stereocenters. The van der Waals surface area contributed by atoms with Gasteiger partial charge in [-0.05, 0) is 29.8 Å². The quantitative estimate of drug-likeness (QED) is 0.872. The number of benzene rings is 2. The first-order chi connectivity index (χ1) is 9.13. The summed E-state index contributed by atoms with van der Waals surface area (Å²) in [7, 11) is 1.56. The molecule has 98 valence electrons. The molecule has 2 aromatic carbocycles. The molecule has 4 heteroatoms. The summed E-state index contributed by atoms with van der Waals surface area (Å²) in [5, 5.41) is 10.4. The predicted molar refractivity (Wildman–Crippen MR) is 73.7 cm³/mol. The van der Waals surface area contributed by atoms with E-state index in [2.05, 4.69) is 0 Å². The maximum absolute atomic E-state index is 12.2. The molecule has 1 N–H and O–H groups in total. The number of methoxy groups -OCH3 is 1. The van der Waals surface area contributed by atoms with Crippen LogP contribution in [0.4, 0.5) is 0 Å². The smallest absolute Gasteiger partial charge is 0.197 e. The number of ketones is 1. The van der Waals surface area contributed by atoms with Crippen LogP contribution in [0.5, 0.6) is 5.75 Å². The van der Waals surface area contributed by atoms with E-state index >= 15 is 0 Å². The van der Waals surface area contributed by atoms with Gasteiger partial charge in [-0.1, -0.05) is 35.9 Å². The molecule has 0 aromatic heterocycles. The van der Waals surface area contributed by atoms with Crippen molar-refractivity contribution in [3.8, 4) is 5.75 Å². The van der Waals surface area contributed by atoms with Crippen LogP contribution in [0, 0.1) is 0 Å². The van der Waals surface area contributed by atoms with Crippen molar-refractivity contribution in [1.82, 2.24) is 0 Å². The van der Waals surface area contributed by atoms with E-state index < -0.39 is 11.9 Å². The zero-order valence-electron chi connectivity index (χ0n) is 10.3. The second-order valence-corrected chi connectivity index (χ2v) is 4.43. The molecule has 2 rings (SSSR count). The number of aliphatic hydroxyl groups excluding tert-OH is 1. The zero-order chi connectivity index (χ0) is 13.8. The van der Waals surface area contributed by atoms with Crippen LogP contribution in [0.2, 0.25) is 5.02 Å². The first-order valence-corrected chi connectivity index (χ1v) is 6.12. The van der Waals surface area contributed by atoms with Gasteiger partial charge in [-0.2, -0.15) is 0 Å². The fourth-order valence-corrected chi connectivity index (χ4v) is 1.97. The van der Waals surface area contributed by atoms with Crippen molar-refractivity contribution in [3.05, 3.63) is 64.7 Å². The average Bonchev–Trinajstić information content (AvgIpc) is 2.46. The Kier molecular flexibility index (Phi) is 4.20. The lowest BCUT2D eigenvalue weighted by Gasteiger charge is -2.11. The minimum Gasteiger partial charge on any atom is -0.497 e. The van der Waals surface area contributed by atoms with Gasteiger partial charge >= 0.3 is 0 Å². The average molecular weight is 277 g/mol. The summed E-state index contributed by atoms with van der Waals surface area (Å²) < 4.78 is 5.03. The van der Waals surface area contributed by atoms with Gasteiger partial charge in [0, 0.05) is 5.56 Å². The fraction of sp³-hybridized carbons (Fsp3) is 0.133. The van der Waals surface area contributed by atoms with Crippen LogP contribution in [0.3, 0.4) is 0 Å². The van der Waals surface area contributed by atoms with Gasteiger partial charge in [0.05, 0.1) is 12.1 Å². The molecule has 0 aliphatic heterocycles. The summed E-state index contributed by atoms with van der Waals surface area (Å²) in [6, 6.07) is 13.3. The SMILES string of the molecule is COc1ccc([C@@H](O)C(=O)c2ccccc2Cl)cc1. The fourth-order valence-electron chi connectivity index (χ4n) is 1.75. The van der Waals surface area contributed by atoms with Gasteiger partial charge in [0.25, 0.3) is 0 Å². The Balaban J connectivity index is 2.26. The highest BCUT2D eigenvalue weighted by Crippen LogP contribution is 2.24. The molecule has 2 aromatic rings. The Morgan fingerprint density at radius 3 is 2.37 bits per heavy atom. The summed E-state index contributed by atoms with van der Waals surface area (Å²) >= 11 is 5.95. The number of halogens is 1. The predicted octanol–water partition coefficient (Wildman–Crippen LogP) is 3.26. The van der Waals surface area contributed by atoms with E-state index in [0.29, 0.717) is 21.9 Å². The second kappa shape index (κ2) is 5.87. The van der Waals surface area contributed by atoms with Crippen LogP contribution >= 0.6 is 11.6 Å². The first-order valence-electron chi connectivity index (χ1n) is 5.74. The van der Waals surface area contributed by atoms with Crippen molar-refractivity contribution in [2.75, 3.05) is 7.11 Å². The molecule has 0 saturated carbocycles. The molecule has 0 unspecified atom stereocenters. The number of rotatable bonds is 4. The van der Waals surface area contributed by atoms with Gasteiger partial charge in [-0.3, -0.25) is 4.79 Å². The van der Waals surface area contributed by atoms with Gasteiger partial charge in [0.2, 0.25) is 0 Å². The molecule has 0 radical (unpaired) electrons. The Bertz CT molecular complexity index is 578. The molecular weight excluding hydrogens is 264 g/mol. The van der Waals surface area contributed by atoms with E-state index in [9.17, 15) is 9.90 Å².